The van der Waals surface area contributed by atoms with E-state index in [4.69, 9.17) is 0 Å². The highest BCUT2D eigenvalue weighted by Gasteiger charge is 2.30. The van der Waals surface area contributed by atoms with Crippen LogP contribution in [0.25, 0.3) is 0 Å². The Hall–Kier alpha value is -1.26. The molecular weight excluding hydrogens is 331 g/mol. The maximum Gasteiger partial charge on any atom is 0.137 e. The number of pyridine rings is 1. The lowest BCUT2D eigenvalue weighted by atomic mass is 9.79. The molecule has 2 atom stereocenters. The zero-order chi connectivity index (χ0) is 14.8. The molecule has 1 aliphatic rings. The summed E-state index contributed by atoms with van der Waals surface area (Å²) in [6.45, 7) is 0. The Balaban J connectivity index is 2.04. The molecule has 0 aliphatic heterocycles. The fourth-order valence-electron chi connectivity index (χ4n) is 3.30. The van der Waals surface area contributed by atoms with Gasteiger partial charge >= 0.3 is 0 Å². The smallest absolute Gasteiger partial charge is 0.137 e. The largest absolute Gasteiger partial charge is 0.312 e. The van der Waals surface area contributed by atoms with Gasteiger partial charge in [0.05, 0.1) is 4.47 Å². The van der Waals surface area contributed by atoms with Crippen molar-refractivity contribution in [2.75, 3.05) is 7.05 Å². The first kappa shape index (κ1) is 14.7. The molecule has 110 valence electrons. The molecule has 0 saturated carbocycles. The highest BCUT2D eigenvalue weighted by atomic mass is 79.9. The van der Waals surface area contributed by atoms with Crippen molar-refractivity contribution in [3.05, 3.63) is 63.6 Å². The Morgan fingerprint density at radius 3 is 3.00 bits per heavy atom. The number of aryl methyl sites for hydroxylation is 1. The molecule has 2 aromatic rings. The number of likely N-dealkylation sites (N-methyl/N-ethyl adjacent to an activating group) is 1. The lowest BCUT2D eigenvalue weighted by molar-refractivity contribution is 0.413. The van der Waals surface area contributed by atoms with Gasteiger partial charge in [0.15, 0.2) is 0 Å². The molecule has 0 saturated heterocycles. The van der Waals surface area contributed by atoms with Gasteiger partial charge in [0.2, 0.25) is 0 Å². The van der Waals surface area contributed by atoms with Gasteiger partial charge in [-0.15, -0.1) is 0 Å². The van der Waals surface area contributed by atoms with Crippen LogP contribution >= 0.6 is 15.9 Å². The van der Waals surface area contributed by atoms with Gasteiger partial charge in [-0.25, -0.2) is 4.39 Å². The average Bonchev–Trinajstić information content (AvgIpc) is 2.52. The monoisotopic (exact) mass is 348 g/mol. The molecule has 21 heavy (non-hydrogen) atoms. The molecule has 3 rings (SSSR count). The van der Waals surface area contributed by atoms with E-state index in [1.54, 1.807) is 6.07 Å². The summed E-state index contributed by atoms with van der Waals surface area (Å²) in [5.41, 5.74) is 3.43. The predicted molar refractivity (Wildman–Crippen MR) is 85.8 cm³/mol. The summed E-state index contributed by atoms with van der Waals surface area (Å²) in [7, 11) is 1.93. The van der Waals surface area contributed by atoms with Gasteiger partial charge in [0.1, 0.15) is 5.82 Å². The zero-order valence-corrected chi connectivity index (χ0v) is 13.5. The third-order valence-electron chi connectivity index (χ3n) is 4.27. The van der Waals surface area contributed by atoms with Crippen LogP contribution in [0, 0.1) is 5.82 Å². The van der Waals surface area contributed by atoms with E-state index in [-0.39, 0.29) is 17.8 Å². The van der Waals surface area contributed by atoms with Crippen LogP contribution in [-0.2, 0) is 6.42 Å². The molecule has 0 radical (unpaired) electrons. The molecule has 0 bridgehead atoms. The van der Waals surface area contributed by atoms with E-state index >= 15 is 0 Å². The summed E-state index contributed by atoms with van der Waals surface area (Å²) in [6, 6.07) is 9.43. The Morgan fingerprint density at radius 1 is 1.33 bits per heavy atom. The minimum Gasteiger partial charge on any atom is -0.312 e. The van der Waals surface area contributed by atoms with Crippen LogP contribution in [0.4, 0.5) is 4.39 Å². The van der Waals surface area contributed by atoms with Crippen molar-refractivity contribution in [3.63, 3.8) is 0 Å². The van der Waals surface area contributed by atoms with Gasteiger partial charge in [-0.3, -0.25) is 4.98 Å². The number of nitrogens with one attached hydrogen (secondary N) is 1. The van der Waals surface area contributed by atoms with Gasteiger partial charge in [-0.05, 0) is 65.5 Å². The van der Waals surface area contributed by atoms with Crippen molar-refractivity contribution < 1.29 is 4.39 Å². The second kappa shape index (κ2) is 6.24. The van der Waals surface area contributed by atoms with Crippen LogP contribution in [0.3, 0.4) is 0 Å². The highest BCUT2D eigenvalue weighted by Crippen LogP contribution is 2.41. The highest BCUT2D eigenvalue weighted by molar-refractivity contribution is 9.10. The summed E-state index contributed by atoms with van der Waals surface area (Å²) in [5.74, 6) is 0.0582. The number of halogens is 2. The van der Waals surface area contributed by atoms with E-state index in [0.717, 1.165) is 30.5 Å². The van der Waals surface area contributed by atoms with Crippen molar-refractivity contribution in [2.24, 2.45) is 0 Å². The summed E-state index contributed by atoms with van der Waals surface area (Å²) in [6.07, 6.45) is 5.15. The second-order valence-corrected chi connectivity index (χ2v) is 6.25. The second-order valence-electron chi connectivity index (χ2n) is 5.46. The Labute approximate surface area is 132 Å². The third-order valence-corrected chi connectivity index (χ3v) is 5.11. The lowest BCUT2D eigenvalue weighted by Gasteiger charge is -2.32. The molecule has 4 heteroatoms. The summed E-state index contributed by atoms with van der Waals surface area (Å²) < 4.78 is 14.4. The van der Waals surface area contributed by atoms with Crippen LogP contribution in [0.15, 0.2) is 41.0 Å². The standard InChI is InChI=1S/C17H18BrFN2/c1-20-17(12-7-3-9-14(19)15(12)18)13-8-2-5-11-6-4-10-21-16(11)13/h3-4,6-7,9-10,13,17,20H,2,5,8H2,1H3. The van der Waals surface area contributed by atoms with Crippen molar-refractivity contribution in [2.45, 2.75) is 31.2 Å². The minimum atomic E-state index is -0.218. The lowest BCUT2D eigenvalue weighted by Crippen LogP contribution is -2.28. The molecule has 2 unspecified atom stereocenters. The van der Waals surface area contributed by atoms with E-state index in [9.17, 15) is 4.39 Å². The summed E-state index contributed by atoms with van der Waals surface area (Å²) in [4.78, 5) is 4.60. The zero-order valence-electron chi connectivity index (χ0n) is 11.9. The van der Waals surface area contributed by atoms with Gasteiger partial charge in [-0.2, -0.15) is 0 Å². The summed E-state index contributed by atoms with van der Waals surface area (Å²) >= 11 is 3.39. The van der Waals surface area contributed by atoms with Gasteiger partial charge in [0.25, 0.3) is 0 Å². The number of nitrogens with zero attached hydrogens (tertiary/aromatic N) is 1. The van der Waals surface area contributed by atoms with E-state index in [1.165, 1.54) is 11.6 Å². The number of fused-ring (bicyclic) bond motifs is 1. The number of rotatable bonds is 3. The molecule has 0 spiro atoms. The van der Waals surface area contributed by atoms with Crippen LogP contribution < -0.4 is 5.32 Å². The SMILES string of the molecule is CNC(c1cccc(F)c1Br)C1CCCc2cccnc21. The van der Waals surface area contributed by atoms with Crippen LogP contribution in [0.2, 0.25) is 0 Å². The molecule has 1 aromatic carbocycles. The van der Waals surface area contributed by atoms with Crippen molar-refractivity contribution >= 4 is 15.9 Å². The van der Waals surface area contributed by atoms with Crippen LogP contribution in [0.1, 0.15) is 41.6 Å². The Kier molecular flexibility index (Phi) is 4.36. The predicted octanol–water partition coefficient (Wildman–Crippen LogP) is 4.36. The minimum absolute atomic E-state index is 0.0593. The first-order chi connectivity index (χ1) is 10.2. The maximum absolute atomic E-state index is 13.8. The number of hydrogen-bond acceptors (Lipinski definition) is 2. The molecule has 1 aromatic heterocycles. The molecule has 2 nitrogen and oxygen atoms in total. The van der Waals surface area contributed by atoms with E-state index in [1.807, 2.05) is 25.4 Å². The number of benzene rings is 1. The molecule has 0 amide bonds. The van der Waals surface area contributed by atoms with Gasteiger partial charge in [-0.1, -0.05) is 18.2 Å². The third kappa shape index (κ3) is 2.74. The molecule has 1 N–H and O–H groups in total. The fraction of sp³-hybridized carbons (Fsp3) is 0.353. The Bertz CT molecular complexity index is 644. The van der Waals surface area contributed by atoms with E-state index in [2.05, 4.69) is 32.3 Å². The average molecular weight is 349 g/mol. The quantitative estimate of drug-likeness (QED) is 0.890. The normalized spacial score (nSPS) is 19.1. The molecule has 1 heterocycles. The van der Waals surface area contributed by atoms with Gasteiger partial charge in [0, 0.05) is 23.9 Å². The number of aromatic nitrogens is 1. The maximum atomic E-state index is 13.8. The number of hydrogen-bond donors (Lipinski definition) is 1. The van der Waals surface area contributed by atoms with E-state index < -0.39 is 0 Å². The van der Waals surface area contributed by atoms with Crippen LogP contribution in [0.5, 0.6) is 0 Å². The topological polar surface area (TPSA) is 24.9 Å². The van der Waals surface area contributed by atoms with Gasteiger partial charge < -0.3 is 5.32 Å². The molecular formula is C17H18BrFN2. The first-order valence-corrected chi connectivity index (χ1v) is 8.06. The van der Waals surface area contributed by atoms with E-state index in [0.29, 0.717) is 4.47 Å². The van der Waals surface area contributed by atoms with Crippen LogP contribution in [-0.4, -0.2) is 12.0 Å². The molecule has 0 fully saturated rings. The van der Waals surface area contributed by atoms with Crippen molar-refractivity contribution in [1.82, 2.24) is 10.3 Å². The first-order valence-electron chi connectivity index (χ1n) is 7.27. The molecule has 1 aliphatic carbocycles. The summed E-state index contributed by atoms with van der Waals surface area (Å²) in [5, 5.41) is 3.36. The fourth-order valence-corrected chi connectivity index (χ4v) is 3.81. The Morgan fingerprint density at radius 2 is 2.19 bits per heavy atom. The van der Waals surface area contributed by atoms with Crippen molar-refractivity contribution in [3.8, 4) is 0 Å². The van der Waals surface area contributed by atoms with Crippen molar-refractivity contribution in [1.29, 1.82) is 0 Å².